The van der Waals surface area contributed by atoms with Gasteiger partial charge >= 0.3 is 12.1 Å². The van der Waals surface area contributed by atoms with Crippen LogP contribution in [0.3, 0.4) is 0 Å². The third kappa shape index (κ3) is 4.12. The first-order chi connectivity index (χ1) is 10.7. The van der Waals surface area contributed by atoms with Gasteiger partial charge in [-0.1, -0.05) is 44.2 Å². The molecule has 0 aliphatic rings. The van der Waals surface area contributed by atoms with Crippen LogP contribution in [0, 0.1) is 5.92 Å². The largest absolute Gasteiger partial charge is 0.478 e. The highest BCUT2D eigenvalue weighted by Gasteiger charge is 2.35. The van der Waals surface area contributed by atoms with Gasteiger partial charge in [0.2, 0.25) is 0 Å². The number of alkyl halides is 3. The molecule has 0 saturated carbocycles. The van der Waals surface area contributed by atoms with Crippen molar-refractivity contribution in [3.05, 3.63) is 59.2 Å². The van der Waals surface area contributed by atoms with E-state index in [-0.39, 0.29) is 0 Å². The van der Waals surface area contributed by atoms with Crippen molar-refractivity contribution in [2.45, 2.75) is 26.4 Å². The van der Waals surface area contributed by atoms with Crippen LogP contribution < -0.4 is 0 Å². The molecule has 122 valence electrons. The SMILES string of the molecule is CC(C)Cc1ccc(-c2ccc(C(=O)O)c(C(F)(F)F)c2)cc1. The second kappa shape index (κ2) is 6.44. The number of hydrogen-bond donors (Lipinski definition) is 1. The molecule has 0 fully saturated rings. The van der Waals surface area contributed by atoms with E-state index >= 15 is 0 Å². The monoisotopic (exact) mass is 322 g/mol. The predicted octanol–water partition coefficient (Wildman–Crippen LogP) is 5.27. The molecule has 0 spiro atoms. The van der Waals surface area contributed by atoms with Crippen molar-refractivity contribution in [3.8, 4) is 11.1 Å². The summed E-state index contributed by atoms with van der Waals surface area (Å²) in [4.78, 5) is 11.0. The fourth-order valence-electron chi connectivity index (χ4n) is 2.45. The molecule has 2 aromatic rings. The highest BCUT2D eigenvalue weighted by atomic mass is 19.4. The number of halogens is 3. The number of benzene rings is 2. The van der Waals surface area contributed by atoms with Crippen molar-refractivity contribution in [2.24, 2.45) is 5.92 Å². The third-order valence-electron chi connectivity index (χ3n) is 3.49. The number of carboxylic acid groups (broad SMARTS) is 1. The molecule has 2 rings (SSSR count). The Morgan fingerprint density at radius 2 is 1.61 bits per heavy atom. The zero-order valence-corrected chi connectivity index (χ0v) is 12.8. The van der Waals surface area contributed by atoms with Crippen molar-refractivity contribution in [1.29, 1.82) is 0 Å². The standard InChI is InChI=1S/C18H17F3O2/c1-11(2)9-12-3-5-13(6-4-12)14-7-8-15(17(22)23)16(10-14)18(19,20)21/h3-8,10-11H,9H2,1-2H3,(H,22,23). The van der Waals surface area contributed by atoms with Crippen LogP contribution in [0.25, 0.3) is 11.1 Å². The maximum atomic E-state index is 13.0. The highest BCUT2D eigenvalue weighted by Crippen LogP contribution is 2.35. The minimum atomic E-state index is -4.71. The molecule has 0 atom stereocenters. The minimum Gasteiger partial charge on any atom is -0.478 e. The van der Waals surface area contributed by atoms with E-state index in [1.807, 2.05) is 12.1 Å². The lowest BCUT2D eigenvalue weighted by molar-refractivity contribution is -0.138. The maximum absolute atomic E-state index is 13.0. The molecular formula is C18H17F3O2. The molecule has 23 heavy (non-hydrogen) atoms. The number of carboxylic acids is 1. The molecule has 0 aliphatic heterocycles. The fourth-order valence-corrected chi connectivity index (χ4v) is 2.45. The quantitative estimate of drug-likeness (QED) is 0.832. The Hall–Kier alpha value is -2.30. The number of hydrogen-bond acceptors (Lipinski definition) is 1. The molecule has 0 bridgehead atoms. The van der Waals surface area contributed by atoms with Crippen LogP contribution in [0.1, 0.15) is 35.3 Å². The van der Waals surface area contributed by atoms with Gasteiger partial charge in [-0.3, -0.25) is 0 Å². The maximum Gasteiger partial charge on any atom is 0.417 e. The first-order valence-corrected chi connectivity index (χ1v) is 7.22. The van der Waals surface area contributed by atoms with Crippen molar-refractivity contribution in [1.82, 2.24) is 0 Å². The summed E-state index contributed by atoms with van der Waals surface area (Å²) in [6, 6.07) is 10.6. The van der Waals surface area contributed by atoms with E-state index in [0.29, 0.717) is 17.0 Å². The third-order valence-corrected chi connectivity index (χ3v) is 3.49. The molecule has 0 heterocycles. The van der Waals surface area contributed by atoms with Crippen LogP contribution in [0.15, 0.2) is 42.5 Å². The molecule has 0 saturated heterocycles. The number of aromatic carboxylic acids is 1. The normalized spacial score (nSPS) is 11.7. The Labute approximate surface area is 132 Å². The lowest BCUT2D eigenvalue weighted by Gasteiger charge is -2.13. The summed E-state index contributed by atoms with van der Waals surface area (Å²) in [5, 5.41) is 8.91. The lowest BCUT2D eigenvalue weighted by atomic mass is 9.96. The van der Waals surface area contributed by atoms with E-state index < -0.39 is 23.3 Å². The van der Waals surface area contributed by atoms with Crippen molar-refractivity contribution in [3.63, 3.8) is 0 Å². The van der Waals surface area contributed by atoms with Crippen molar-refractivity contribution >= 4 is 5.97 Å². The summed E-state index contributed by atoms with van der Waals surface area (Å²) < 4.78 is 39.1. The molecular weight excluding hydrogens is 305 g/mol. The summed E-state index contributed by atoms with van der Waals surface area (Å²) in [6.45, 7) is 4.18. The van der Waals surface area contributed by atoms with Crippen LogP contribution in [0.2, 0.25) is 0 Å². The van der Waals surface area contributed by atoms with Gasteiger partial charge in [-0.15, -0.1) is 0 Å². The number of rotatable bonds is 4. The summed E-state index contributed by atoms with van der Waals surface area (Å²) in [7, 11) is 0. The van der Waals surface area contributed by atoms with Crippen LogP contribution in [-0.2, 0) is 12.6 Å². The Morgan fingerprint density at radius 3 is 2.09 bits per heavy atom. The molecule has 1 N–H and O–H groups in total. The fraction of sp³-hybridized carbons (Fsp3) is 0.278. The van der Waals surface area contributed by atoms with E-state index in [0.717, 1.165) is 24.1 Å². The van der Waals surface area contributed by atoms with E-state index in [4.69, 9.17) is 5.11 Å². The van der Waals surface area contributed by atoms with Crippen LogP contribution in [0.5, 0.6) is 0 Å². The van der Waals surface area contributed by atoms with Gasteiger partial charge in [0.05, 0.1) is 11.1 Å². The Morgan fingerprint density at radius 1 is 1.04 bits per heavy atom. The van der Waals surface area contributed by atoms with Gasteiger partial charge in [-0.25, -0.2) is 4.79 Å². The van der Waals surface area contributed by atoms with Gasteiger partial charge in [-0.05, 0) is 41.2 Å². The summed E-state index contributed by atoms with van der Waals surface area (Å²) in [6.07, 6.45) is -3.81. The second-order valence-electron chi connectivity index (χ2n) is 5.86. The topological polar surface area (TPSA) is 37.3 Å². The average Bonchev–Trinajstić information content (AvgIpc) is 2.46. The van der Waals surface area contributed by atoms with Crippen LogP contribution in [0.4, 0.5) is 13.2 Å². The smallest absolute Gasteiger partial charge is 0.417 e. The minimum absolute atomic E-state index is 0.346. The zero-order valence-electron chi connectivity index (χ0n) is 12.8. The van der Waals surface area contributed by atoms with Crippen molar-refractivity contribution < 1.29 is 23.1 Å². The molecule has 0 aliphatic carbocycles. The molecule has 0 aromatic heterocycles. The Bertz CT molecular complexity index is 701. The molecule has 5 heteroatoms. The van der Waals surface area contributed by atoms with Gasteiger partial charge in [0.15, 0.2) is 0 Å². The Kier molecular flexibility index (Phi) is 4.78. The van der Waals surface area contributed by atoms with Crippen LogP contribution >= 0.6 is 0 Å². The summed E-state index contributed by atoms with van der Waals surface area (Å²) in [5.41, 5.74) is 0.215. The van der Waals surface area contributed by atoms with Crippen molar-refractivity contribution in [2.75, 3.05) is 0 Å². The Balaban J connectivity index is 2.42. The van der Waals surface area contributed by atoms with Crippen LogP contribution in [-0.4, -0.2) is 11.1 Å². The molecule has 0 radical (unpaired) electrons. The second-order valence-corrected chi connectivity index (χ2v) is 5.86. The molecule has 0 amide bonds. The van der Waals surface area contributed by atoms with Gasteiger partial charge in [-0.2, -0.15) is 13.2 Å². The van der Waals surface area contributed by atoms with Gasteiger partial charge < -0.3 is 5.11 Å². The van der Waals surface area contributed by atoms with E-state index in [1.165, 1.54) is 6.07 Å². The van der Waals surface area contributed by atoms with E-state index in [1.54, 1.807) is 12.1 Å². The average molecular weight is 322 g/mol. The summed E-state index contributed by atoms with van der Waals surface area (Å²) >= 11 is 0. The molecule has 2 nitrogen and oxygen atoms in total. The van der Waals surface area contributed by atoms with Gasteiger partial charge in [0, 0.05) is 0 Å². The summed E-state index contributed by atoms with van der Waals surface area (Å²) in [5.74, 6) is -1.09. The predicted molar refractivity (Wildman–Crippen MR) is 82.4 cm³/mol. The van der Waals surface area contributed by atoms with E-state index in [9.17, 15) is 18.0 Å². The highest BCUT2D eigenvalue weighted by molar-refractivity contribution is 5.90. The first-order valence-electron chi connectivity index (χ1n) is 7.22. The van der Waals surface area contributed by atoms with Gasteiger partial charge in [0.1, 0.15) is 0 Å². The first kappa shape index (κ1) is 17.1. The lowest BCUT2D eigenvalue weighted by Crippen LogP contribution is -2.13. The number of carbonyl (C=O) groups is 1. The molecule has 0 unspecified atom stereocenters. The molecule has 2 aromatic carbocycles. The van der Waals surface area contributed by atoms with Gasteiger partial charge in [0.25, 0.3) is 0 Å². The van der Waals surface area contributed by atoms with E-state index in [2.05, 4.69) is 13.8 Å². The zero-order chi connectivity index (χ0) is 17.2.